The Balaban J connectivity index is 1.41. The van der Waals surface area contributed by atoms with Crippen molar-refractivity contribution in [3.63, 3.8) is 0 Å². The molecule has 0 saturated heterocycles. The zero-order valence-electron chi connectivity index (χ0n) is 18.5. The number of hydrogen-bond acceptors (Lipinski definition) is 4. The molecule has 0 bridgehead atoms. The van der Waals surface area contributed by atoms with Crippen LogP contribution in [0.3, 0.4) is 0 Å². The Labute approximate surface area is 191 Å². The average molecular weight is 447 g/mol. The van der Waals surface area contributed by atoms with Crippen LogP contribution in [-0.4, -0.2) is 71.5 Å². The predicted octanol–water partition coefficient (Wildman–Crippen LogP) is 3.26. The van der Waals surface area contributed by atoms with Crippen LogP contribution in [0, 0.1) is 0 Å². The number of aromatic amines is 1. The number of rotatable bonds is 6. The lowest BCUT2D eigenvalue weighted by Gasteiger charge is -2.27. The topological polar surface area (TPSA) is 103 Å². The van der Waals surface area contributed by atoms with Gasteiger partial charge in [-0.2, -0.15) is 0 Å². The normalized spacial score (nSPS) is 13.5. The monoisotopic (exact) mass is 447 g/mol. The fourth-order valence-electron chi connectivity index (χ4n) is 3.78. The highest BCUT2D eigenvalue weighted by Crippen LogP contribution is 2.25. The molecular weight excluding hydrogens is 422 g/mol. The standard InChI is InChI=1S/C25H25N3O5/c1-27(2)24(30)22-13-18-6-5-17(12-21(18)26-22)19-4-3-11-28(14-19)23(29)15-33-20-9-7-16(8-10-20)25(31)32/h4-10,12-13,26H,3,11,14-15H2,1-2H3,(H,31,32). The van der Waals surface area contributed by atoms with E-state index in [0.717, 1.165) is 28.5 Å². The number of amides is 2. The van der Waals surface area contributed by atoms with Gasteiger partial charge in [0.05, 0.1) is 5.56 Å². The summed E-state index contributed by atoms with van der Waals surface area (Å²) in [6.45, 7) is 0.955. The molecule has 1 aliphatic rings. The first-order chi connectivity index (χ1) is 15.8. The molecule has 8 heteroatoms. The van der Waals surface area contributed by atoms with Gasteiger partial charge >= 0.3 is 5.97 Å². The molecule has 0 radical (unpaired) electrons. The van der Waals surface area contributed by atoms with Gasteiger partial charge in [0.1, 0.15) is 11.4 Å². The number of fused-ring (bicyclic) bond motifs is 1. The highest BCUT2D eigenvalue weighted by atomic mass is 16.5. The van der Waals surface area contributed by atoms with Crippen molar-refractivity contribution in [1.29, 1.82) is 0 Å². The van der Waals surface area contributed by atoms with Crippen LogP contribution in [0.4, 0.5) is 0 Å². The van der Waals surface area contributed by atoms with Crippen LogP contribution in [0.15, 0.2) is 54.6 Å². The average Bonchev–Trinajstić information content (AvgIpc) is 3.25. The molecule has 1 aromatic heterocycles. The first kappa shape index (κ1) is 22.1. The summed E-state index contributed by atoms with van der Waals surface area (Å²) in [5.74, 6) is -0.786. The van der Waals surface area contributed by atoms with Gasteiger partial charge in [-0.15, -0.1) is 0 Å². The minimum absolute atomic E-state index is 0.0843. The van der Waals surface area contributed by atoms with Gasteiger partial charge in [-0.3, -0.25) is 9.59 Å². The van der Waals surface area contributed by atoms with E-state index in [9.17, 15) is 14.4 Å². The third-order valence-corrected chi connectivity index (χ3v) is 5.60. The smallest absolute Gasteiger partial charge is 0.335 e. The lowest BCUT2D eigenvalue weighted by Crippen LogP contribution is -2.38. The van der Waals surface area contributed by atoms with Crippen LogP contribution in [-0.2, 0) is 4.79 Å². The Morgan fingerprint density at radius 1 is 1.09 bits per heavy atom. The second kappa shape index (κ2) is 9.20. The largest absolute Gasteiger partial charge is 0.484 e. The van der Waals surface area contributed by atoms with E-state index in [2.05, 4.69) is 11.1 Å². The lowest BCUT2D eigenvalue weighted by molar-refractivity contribution is -0.132. The van der Waals surface area contributed by atoms with Crippen molar-refractivity contribution in [1.82, 2.24) is 14.8 Å². The summed E-state index contributed by atoms with van der Waals surface area (Å²) in [6, 6.07) is 13.8. The van der Waals surface area contributed by atoms with E-state index in [4.69, 9.17) is 9.84 Å². The number of carboxylic acid groups (broad SMARTS) is 1. The van der Waals surface area contributed by atoms with Crippen molar-refractivity contribution in [2.24, 2.45) is 0 Å². The minimum atomic E-state index is -1.01. The van der Waals surface area contributed by atoms with Crippen molar-refractivity contribution in [3.8, 4) is 5.75 Å². The number of nitrogens with one attached hydrogen (secondary N) is 1. The number of H-pyrrole nitrogens is 1. The molecule has 0 atom stereocenters. The van der Waals surface area contributed by atoms with Crippen molar-refractivity contribution in [2.75, 3.05) is 33.8 Å². The summed E-state index contributed by atoms with van der Waals surface area (Å²) < 4.78 is 5.55. The van der Waals surface area contributed by atoms with E-state index in [-0.39, 0.29) is 24.0 Å². The first-order valence-electron chi connectivity index (χ1n) is 10.6. The van der Waals surface area contributed by atoms with E-state index < -0.39 is 5.97 Å². The van der Waals surface area contributed by atoms with Crippen LogP contribution in [0.5, 0.6) is 5.75 Å². The minimum Gasteiger partial charge on any atom is -0.484 e. The molecule has 1 aliphatic heterocycles. The van der Waals surface area contributed by atoms with Gasteiger partial charge in [-0.1, -0.05) is 18.2 Å². The number of hydrogen-bond donors (Lipinski definition) is 2. The van der Waals surface area contributed by atoms with Gasteiger partial charge in [-0.05, 0) is 54.0 Å². The molecular formula is C25H25N3O5. The number of nitrogens with zero attached hydrogens (tertiary/aromatic N) is 2. The summed E-state index contributed by atoms with van der Waals surface area (Å²) in [6.07, 6.45) is 2.87. The Morgan fingerprint density at radius 3 is 2.55 bits per heavy atom. The molecule has 0 unspecified atom stereocenters. The number of aromatic nitrogens is 1. The van der Waals surface area contributed by atoms with Gasteiger partial charge < -0.3 is 24.6 Å². The molecule has 0 spiro atoms. The van der Waals surface area contributed by atoms with E-state index in [0.29, 0.717) is 24.5 Å². The summed E-state index contributed by atoms with van der Waals surface area (Å²) in [5, 5.41) is 9.92. The molecule has 4 rings (SSSR count). The highest BCUT2D eigenvalue weighted by molar-refractivity contribution is 5.98. The van der Waals surface area contributed by atoms with Gasteiger partial charge in [0.2, 0.25) is 0 Å². The maximum Gasteiger partial charge on any atom is 0.335 e. The van der Waals surface area contributed by atoms with Gasteiger partial charge in [0.25, 0.3) is 11.8 Å². The first-order valence-corrected chi connectivity index (χ1v) is 10.6. The second-order valence-electron chi connectivity index (χ2n) is 8.14. The number of ether oxygens (including phenoxy) is 1. The Hall–Kier alpha value is -4.07. The van der Waals surface area contributed by atoms with Crippen molar-refractivity contribution in [3.05, 3.63) is 71.4 Å². The van der Waals surface area contributed by atoms with Crippen molar-refractivity contribution >= 4 is 34.3 Å². The zero-order chi connectivity index (χ0) is 23.5. The molecule has 0 fully saturated rings. The van der Waals surface area contributed by atoms with E-state index >= 15 is 0 Å². The second-order valence-corrected chi connectivity index (χ2v) is 8.14. The number of aromatic carboxylic acids is 1. The maximum absolute atomic E-state index is 12.7. The lowest BCUT2D eigenvalue weighted by atomic mass is 10.00. The van der Waals surface area contributed by atoms with Crippen LogP contribution in [0.2, 0.25) is 0 Å². The Bertz CT molecular complexity index is 1240. The summed E-state index contributed by atoms with van der Waals surface area (Å²) in [4.78, 5) is 42.3. The van der Waals surface area contributed by atoms with E-state index in [1.807, 2.05) is 24.3 Å². The van der Waals surface area contributed by atoms with E-state index in [1.165, 1.54) is 17.0 Å². The molecule has 2 heterocycles. The van der Waals surface area contributed by atoms with Crippen LogP contribution in [0.25, 0.3) is 16.5 Å². The van der Waals surface area contributed by atoms with Gasteiger partial charge in [0, 0.05) is 38.1 Å². The van der Waals surface area contributed by atoms with Crippen LogP contribution in [0.1, 0.15) is 32.8 Å². The Morgan fingerprint density at radius 2 is 1.85 bits per heavy atom. The maximum atomic E-state index is 12.7. The van der Waals surface area contributed by atoms with Crippen LogP contribution >= 0.6 is 0 Å². The third kappa shape index (κ3) is 4.90. The highest BCUT2D eigenvalue weighted by Gasteiger charge is 2.20. The molecule has 8 nitrogen and oxygen atoms in total. The van der Waals surface area contributed by atoms with Crippen molar-refractivity contribution in [2.45, 2.75) is 6.42 Å². The molecule has 2 aromatic carbocycles. The Kier molecular flexibility index (Phi) is 6.17. The summed E-state index contributed by atoms with van der Waals surface area (Å²) in [5.41, 5.74) is 3.61. The summed E-state index contributed by atoms with van der Waals surface area (Å²) in [7, 11) is 3.43. The molecule has 0 saturated carbocycles. The summed E-state index contributed by atoms with van der Waals surface area (Å²) >= 11 is 0. The number of carbonyl (C=O) groups excluding carboxylic acids is 2. The third-order valence-electron chi connectivity index (χ3n) is 5.60. The molecule has 33 heavy (non-hydrogen) atoms. The quantitative estimate of drug-likeness (QED) is 0.604. The number of benzene rings is 2. The van der Waals surface area contributed by atoms with E-state index in [1.54, 1.807) is 31.1 Å². The predicted molar refractivity (Wildman–Crippen MR) is 124 cm³/mol. The van der Waals surface area contributed by atoms with Crippen molar-refractivity contribution < 1.29 is 24.2 Å². The molecule has 2 amide bonds. The fourth-order valence-corrected chi connectivity index (χ4v) is 3.78. The van der Waals surface area contributed by atoms with Crippen LogP contribution < -0.4 is 4.74 Å². The SMILES string of the molecule is CN(C)C(=O)c1cc2ccc(C3=CCCN(C(=O)COc4ccc(C(=O)O)cc4)C3)cc2[nH]1. The number of carboxylic acids is 1. The van der Waals surface area contributed by atoms with Gasteiger partial charge in [0.15, 0.2) is 6.61 Å². The van der Waals surface area contributed by atoms with Gasteiger partial charge in [-0.25, -0.2) is 4.79 Å². The molecule has 3 aromatic rings. The molecule has 170 valence electrons. The molecule has 2 N–H and O–H groups in total. The molecule has 0 aliphatic carbocycles. The number of carbonyl (C=O) groups is 3. The fraction of sp³-hybridized carbons (Fsp3) is 0.240. The zero-order valence-corrected chi connectivity index (χ0v) is 18.5.